The van der Waals surface area contributed by atoms with Crippen molar-refractivity contribution in [3.05, 3.63) is 84.9 Å². The summed E-state index contributed by atoms with van der Waals surface area (Å²) in [4.78, 5) is 16.9. The first-order chi connectivity index (χ1) is 13.8. The number of urea groups is 1. The number of rotatable bonds is 4. The summed E-state index contributed by atoms with van der Waals surface area (Å²) in [6.45, 7) is 3.97. The minimum Gasteiger partial charge on any atom is -0.368 e. The molecule has 0 aliphatic carbocycles. The van der Waals surface area contributed by atoms with Crippen LogP contribution in [0.5, 0.6) is 0 Å². The summed E-state index contributed by atoms with van der Waals surface area (Å²) in [5.74, 6) is 0. The van der Waals surface area contributed by atoms with Crippen molar-refractivity contribution in [3.63, 3.8) is 0 Å². The molecular formula is C23H24N4O. The van der Waals surface area contributed by atoms with Crippen LogP contribution in [0, 0.1) is 0 Å². The van der Waals surface area contributed by atoms with Crippen LogP contribution in [0.15, 0.2) is 84.9 Å². The Hall–Kier alpha value is -3.47. The SMILES string of the molecule is O=C(Nc1ccccc1)Nc1ccc(N2CCN(c3ccccc3)CC2)cc1. The molecule has 2 N–H and O–H groups in total. The van der Waals surface area contributed by atoms with E-state index in [1.54, 1.807) is 0 Å². The van der Waals surface area contributed by atoms with Gasteiger partial charge in [-0.05, 0) is 48.5 Å². The van der Waals surface area contributed by atoms with E-state index in [4.69, 9.17) is 0 Å². The van der Waals surface area contributed by atoms with Gasteiger partial charge in [0.1, 0.15) is 0 Å². The minimum atomic E-state index is -0.240. The van der Waals surface area contributed by atoms with E-state index in [0.29, 0.717) is 0 Å². The number of para-hydroxylation sites is 2. The van der Waals surface area contributed by atoms with E-state index < -0.39 is 0 Å². The number of nitrogens with zero attached hydrogens (tertiary/aromatic N) is 2. The molecule has 3 aromatic carbocycles. The molecule has 142 valence electrons. The van der Waals surface area contributed by atoms with Gasteiger partial charge in [0.15, 0.2) is 0 Å². The molecule has 0 aromatic heterocycles. The Labute approximate surface area is 165 Å². The largest absolute Gasteiger partial charge is 0.368 e. The number of carbonyl (C=O) groups excluding carboxylic acids is 1. The highest BCUT2D eigenvalue weighted by Crippen LogP contribution is 2.22. The Morgan fingerprint density at radius 2 is 1.00 bits per heavy atom. The van der Waals surface area contributed by atoms with Crippen LogP contribution in [0.25, 0.3) is 0 Å². The summed E-state index contributed by atoms with van der Waals surface area (Å²) in [6, 6.07) is 27.8. The van der Waals surface area contributed by atoms with Crippen LogP contribution in [0.1, 0.15) is 0 Å². The van der Waals surface area contributed by atoms with Crippen molar-refractivity contribution in [2.45, 2.75) is 0 Å². The molecule has 5 nitrogen and oxygen atoms in total. The predicted octanol–water partition coefficient (Wildman–Crippen LogP) is 4.66. The topological polar surface area (TPSA) is 47.6 Å². The maximum absolute atomic E-state index is 12.1. The third-order valence-electron chi connectivity index (χ3n) is 4.92. The van der Waals surface area contributed by atoms with Gasteiger partial charge in [0.25, 0.3) is 0 Å². The zero-order valence-electron chi connectivity index (χ0n) is 15.7. The van der Waals surface area contributed by atoms with E-state index in [2.05, 4.69) is 62.9 Å². The summed E-state index contributed by atoms with van der Waals surface area (Å²) >= 11 is 0. The number of carbonyl (C=O) groups is 1. The van der Waals surface area contributed by atoms with Gasteiger partial charge < -0.3 is 20.4 Å². The molecule has 5 heteroatoms. The van der Waals surface area contributed by atoms with E-state index in [1.165, 1.54) is 11.4 Å². The van der Waals surface area contributed by atoms with Crippen LogP contribution in [0.2, 0.25) is 0 Å². The van der Waals surface area contributed by atoms with E-state index in [-0.39, 0.29) is 6.03 Å². The monoisotopic (exact) mass is 372 g/mol. The van der Waals surface area contributed by atoms with Gasteiger partial charge in [0.2, 0.25) is 0 Å². The van der Waals surface area contributed by atoms with Crippen molar-refractivity contribution >= 4 is 28.8 Å². The molecular weight excluding hydrogens is 348 g/mol. The van der Waals surface area contributed by atoms with E-state index in [1.807, 2.05) is 42.5 Å². The third kappa shape index (κ3) is 4.43. The molecule has 0 atom stereocenters. The maximum atomic E-state index is 12.1. The lowest BCUT2D eigenvalue weighted by molar-refractivity contribution is 0.262. The second kappa shape index (κ2) is 8.48. The minimum absolute atomic E-state index is 0.240. The Bertz CT molecular complexity index is 889. The molecule has 28 heavy (non-hydrogen) atoms. The van der Waals surface area contributed by atoms with Crippen LogP contribution in [0.4, 0.5) is 27.5 Å². The smallest absolute Gasteiger partial charge is 0.323 e. The summed E-state index contributed by atoms with van der Waals surface area (Å²) in [5, 5.41) is 5.70. The van der Waals surface area contributed by atoms with Crippen molar-refractivity contribution in [2.75, 3.05) is 46.6 Å². The highest BCUT2D eigenvalue weighted by Gasteiger charge is 2.17. The number of hydrogen-bond acceptors (Lipinski definition) is 3. The fourth-order valence-electron chi connectivity index (χ4n) is 3.43. The van der Waals surface area contributed by atoms with Crippen molar-refractivity contribution in [3.8, 4) is 0 Å². The van der Waals surface area contributed by atoms with Gasteiger partial charge in [-0.25, -0.2) is 4.79 Å². The molecule has 1 fully saturated rings. The average Bonchev–Trinajstić information content (AvgIpc) is 2.76. The number of nitrogens with one attached hydrogen (secondary N) is 2. The molecule has 0 unspecified atom stereocenters. The zero-order valence-corrected chi connectivity index (χ0v) is 15.7. The zero-order chi connectivity index (χ0) is 19.2. The second-order valence-corrected chi connectivity index (χ2v) is 6.80. The predicted molar refractivity (Wildman–Crippen MR) is 116 cm³/mol. The fourth-order valence-corrected chi connectivity index (χ4v) is 3.43. The number of benzene rings is 3. The van der Waals surface area contributed by atoms with E-state index in [0.717, 1.165) is 37.6 Å². The van der Waals surface area contributed by atoms with Gasteiger partial charge in [0.05, 0.1) is 0 Å². The van der Waals surface area contributed by atoms with Crippen LogP contribution < -0.4 is 20.4 Å². The molecule has 1 saturated heterocycles. The molecule has 0 radical (unpaired) electrons. The number of amides is 2. The van der Waals surface area contributed by atoms with Crippen molar-refractivity contribution < 1.29 is 4.79 Å². The van der Waals surface area contributed by atoms with Crippen molar-refractivity contribution in [1.82, 2.24) is 0 Å². The van der Waals surface area contributed by atoms with E-state index in [9.17, 15) is 4.79 Å². The molecule has 4 rings (SSSR count). The fraction of sp³-hybridized carbons (Fsp3) is 0.174. The second-order valence-electron chi connectivity index (χ2n) is 6.80. The first kappa shape index (κ1) is 17.9. The molecule has 0 spiro atoms. The van der Waals surface area contributed by atoms with Gasteiger partial charge in [-0.1, -0.05) is 36.4 Å². The van der Waals surface area contributed by atoms with Crippen molar-refractivity contribution in [2.24, 2.45) is 0 Å². The molecule has 3 aromatic rings. The Morgan fingerprint density at radius 3 is 1.54 bits per heavy atom. The summed E-state index contributed by atoms with van der Waals surface area (Å²) < 4.78 is 0. The lowest BCUT2D eigenvalue weighted by Crippen LogP contribution is -2.46. The maximum Gasteiger partial charge on any atom is 0.323 e. The van der Waals surface area contributed by atoms with Gasteiger partial charge >= 0.3 is 6.03 Å². The Balaban J connectivity index is 1.31. The molecule has 0 bridgehead atoms. The summed E-state index contributed by atoms with van der Waals surface area (Å²) in [5.41, 5.74) is 4.01. The van der Waals surface area contributed by atoms with Crippen LogP contribution in [-0.4, -0.2) is 32.2 Å². The van der Waals surface area contributed by atoms with Crippen molar-refractivity contribution in [1.29, 1.82) is 0 Å². The summed E-state index contributed by atoms with van der Waals surface area (Å²) in [7, 11) is 0. The lowest BCUT2D eigenvalue weighted by Gasteiger charge is -2.37. The van der Waals surface area contributed by atoms with E-state index >= 15 is 0 Å². The van der Waals surface area contributed by atoms with Gasteiger partial charge in [-0.3, -0.25) is 0 Å². The highest BCUT2D eigenvalue weighted by atomic mass is 16.2. The Morgan fingerprint density at radius 1 is 0.571 bits per heavy atom. The first-order valence-corrected chi connectivity index (χ1v) is 9.56. The number of anilines is 4. The molecule has 0 saturated carbocycles. The highest BCUT2D eigenvalue weighted by molar-refractivity contribution is 5.99. The quantitative estimate of drug-likeness (QED) is 0.700. The normalized spacial score (nSPS) is 13.9. The van der Waals surface area contributed by atoms with Gasteiger partial charge in [-0.2, -0.15) is 0 Å². The van der Waals surface area contributed by atoms with Gasteiger partial charge in [0, 0.05) is 48.9 Å². The number of piperazine rings is 1. The Kier molecular flexibility index (Phi) is 5.43. The van der Waals surface area contributed by atoms with Gasteiger partial charge in [-0.15, -0.1) is 0 Å². The van der Waals surface area contributed by atoms with Crippen LogP contribution >= 0.6 is 0 Å². The molecule has 1 heterocycles. The average molecular weight is 372 g/mol. The molecule has 1 aliphatic heterocycles. The number of hydrogen-bond donors (Lipinski definition) is 2. The lowest BCUT2D eigenvalue weighted by atomic mass is 10.2. The summed E-state index contributed by atoms with van der Waals surface area (Å²) in [6.07, 6.45) is 0. The first-order valence-electron chi connectivity index (χ1n) is 9.56. The van der Waals surface area contributed by atoms with Crippen LogP contribution in [0.3, 0.4) is 0 Å². The third-order valence-corrected chi connectivity index (χ3v) is 4.92. The standard InChI is InChI=1S/C23H24N4O/c28-23(24-19-7-3-1-4-8-19)25-20-11-13-22(14-12-20)27-17-15-26(16-18-27)21-9-5-2-6-10-21/h1-14H,15-18H2,(H2,24,25,28). The van der Waals surface area contributed by atoms with Crippen LogP contribution in [-0.2, 0) is 0 Å². The molecule has 1 aliphatic rings. The molecule has 2 amide bonds.